The summed E-state index contributed by atoms with van der Waals surface area (Å²) in [6.07, 6.45) is 2.43. The SMILES string of the molecule is Cc1noc(C)c1Cc1ccc(C(=O)N2CCC(C3CC(=O)c4ccccc4O3)CC2)o1. The van der Waals surface area contributed by atoms with E-state index in [1.807, 2.05) is 49.1 Å². The van der Waals surface area contributed by atoms with Crippen LogP contribution >= 0.6 is 0 Å². The van der Waals surface area contributed by atoms with Gasteiger partial charge in [0.15, 0.2) is 11.5 Å². The second kappa shape index (κ2) is 8.30. The quantitative estimate of drug-likeness (QED) is 0.606. The molecule has 1 fully saturated rings. The summed E-state index contributed by atoms with van der Waals surface area (Å²) in [6.45, 7) is 5.02. The number of ketones is 1. The van der Waals surface area contributed by atoms with Crippen LogP contribution < -0.4 is 4.74 Å². The zero-order chi connectivity index (χ0) is 22.2. The Morgan fingerprint density at radius 2 is 1.91 bits per heavy atom. The number of rotatable bonds is 4. The fraction of sp³-hybridized carbons (Fsp3) is 0.400. The lowest BCUT2D eigenvalue weighted by Crippen LogP contribution is -2.44. The second-order valence-corrected chi connectivity index (χ2v) is 8.65. The molecule has 0 radical (unpaired) electrons. The van der Waals surface area contributed by atoms with Crippen molar-refractivity contribution >= 4 is 11.7 Å². The number of hydrogen-bond donors (Lipinski definition) is 0. The van der Waals surface area contributed by atoms with E-state index in [4.69, 9.17) is 13.7 Å². The molecule has 1 saturated heterocycles. The first-order valence-corrected chi connectivity index (χ1v) is 11.1. The van der Waals surface area contributed by atoms with E-state index in [0.29, 0.717) is 48.8 Å². The minimum Gasteiger partial charge on any atom is -0.489 e. The molecule has 1 aromatic carbocycles. The second-order valence-electron chi connectivity index (χ2n) is 8.65. The number of benzene rings is 1. The van der Waals surface area contributed by atoms with Crippen LogP contribution in [-0.4, -0.2) is 40.9 Å². The molecule has 1 amide bonds. The number of ether oxygens (including phenoxy) is 1. The monoisotopic (exact) mass is 434 g/mol. The van der Waals surface area contributed by atoms with Gasteiger partial charge in [0, 0.05) is 31.5 Å². The lowest BCUT2D eigenvalue weighted by atomic mass is 9.86. The average Bonchev–Trinajstić information content (AvgIpc) is 3.41. The number of fused-ring (bicyclic) bond motifs is 1. The molecule has 1 unspecified atom stereocenters. The highest BCUT2D eigenvalue weighted by Crippen LogP contribution is 2.34. The van der Waals surface area contributed by atoms with Gasteiger partial charge in [0.2, 0.25) is 0 Å². The Bertz CT molecular complexity index is 1130. The molecule has 2 aromatic heterocycles. The van der Waals surface area contributed by atoms with Crippen molar-refractivity contribution < 1.29 is 23.3 Å². The summed E-state index contributed by atoms with van der Waals surface area (Å²) in [6, 6.07) is 11.0. The fourth-order valence-corrected chi connectivity index (χ4v) is 4.71. The van der Waals surface area contributed by atoms with Crippen molar-refractivity contribution in [3.63, 3.8) is 0 Å². The molecule has 3 aromatic rings. The zero-order valence-corrected chi connectivity index (χ0v) is 18.3. The van der Waals surface area contributed by atoms with Crippen LogP contribution in [0, 0.1) is 19.8 Å². The van der Waals surface area contributed by atoms with Crippen LogP contribution in [-0.2, 0) is 6.42 Å². The van der Waals surface area contributed by atoms with Gasteiger partial charge in [-0.1, -0.05) is 17.3 Å². The minimum atomic E-state index is -0.125. The van der Waals surface area contributed by atoms with E-state index in [1.165, 1.54) is 0 Å². The molecule has 0 saturated carbocycles. The highest BCUT2D eigenvalue weighted by Gasteiger charge is 2.35. The lowest BCUT2D eigenvalue weighted by Gasteiger charge is -2.37. The predicted molar refractivity (Wildman–Crippen MR) is 116 cm³/mol. The number of nitrogens with zero attached hydrogens (tertiary/aromatic N) is 2. The normalized spacial score (nSPS) is 19.0. The molecule has 1 atom stereocenters. The molecule has 32 heavy (non-hydrogen) atoms. The third-order valence-electron chi connectivity index (χ3n) is 6.61. The maximum atomic E-state index is 13.0. The average molecular weight is 434 g/mol. The Kier molecular flexibility index (Phi) is 5.33. The molecule has 0 bridgehead atoms. The van der Waals surface area contributed by atoms with Crippen LogP contribution in [0.2, 0.25) is 0 Å². The number of amides is 1. The predicted octanol–water partition coefficient (Wildman–Crippen LogP) is 4.36. The van der Waals surface area contributed by atoms with Gasteiger partial charge in [-0.05, 0) is 56.9 Å². The molecular formula is C25H26N2O5. The Morgan fingerprint density at radius 1 is 1.12 bits per heavy atom. The maximum Gasteiger partial charge on any atom is 0.289 e. The smallest absolute Gasteiger partial charge is 0.289 e. The highest BCUT2D eigenvalue weighted by atomic mass is 16.5. The number of aryl methyl sites for hydroxylation is 2. The summed E-state index contributed by atoms with van der Waals surface area (Å²) >= 11 is 0. The van der Waals surface area contributed by atoms with Crippen LogP contribution in [0.1, 0.15) is 63.0 Å². The lowest BCUT2D eigenvalue weighted by molar-refractivity contribution is 0.0436. The number of aromatic nitrogens is 1. The molecule has 0 aliphatic carbocycles. The number of furan rings is 1. The largest absolute Gasteiger partial charge is 0.489 e. The van der Waals surface area contributed by atoms with Crippen molar-refractivity contribution in [2.75, 3.05) is 13.1 Å². The van der Waals surface area contributed by atoms with Gasteiger partial charge >= 0.3 is 0 Å². The number of Topliss-reactive ketones (excluding diaryl/α,β-unsaturated/α-hetero) is 1. The third-order valence-corrected chi connectivity index (χ3v) is 6.61. The van der Waals surface area contributed by atoms with Crippen molar-refractivity contribution in [2.45, 2.75) is 45.6 Å². The van der Waals surface area contributed by atoms with Crippen molar-refractivity contribution in [2.24, 2.45) is 5.92 Å². The summed E-state index contributed by atoms with van der Waals surface area (Å²) in [4.78, 5) is 27.3. The molecule has 166 valence electrons. The molecule has 5 rings (SSSR count). The Balaban J connectivity index is 1.19. The fourth-order valence-electron chi connectivity index (χ4n) is 4.71. The summed E-state index contributed by atoms with van der Waals surface area (Å²) in [7, 11) is 0. The van der Waals surface area contributed by atoms with E-state index >= 15 is 0 Å². The van der Waals surface area contributed by atoms with Crippen LogP contribution in [0.5, 0.6) is 5.75 Å². The number of hydrogen-bond acceptors (Lipinski definition) is 6. The molecular weight excluding hydrogens is 408 g/mol. The summed E-state index contributed by atoms with van der Waals surface area (Å²) in [5, 5.41) is 3.97. The number of piperidine rings is 1. The molecule has 0 N–H and O–H groups in total. The van der Waals surface area contributed by atoms with Gasteiger partial charge in [-0.2, -0.15) is 0 Å². The molecule has 0 spiro atoms. The molecule has 7 heteroatoms. The first-order valence-electron chi connectivity index (χ1n) is 11.1. The number of carbonyl (C=O) groups is 2. The van der Waals surface area contributed by atoms with Gasteiger partial charge < -0.3 is 18.6 Å². The van der Waals surface area contributed by atoms with Gasteiger partial charge in [0.25, 0.3) is 5.91 Å². The van der Waals surface area contributed by atoms with Crippen LogP contribution in [0.4, 0.5) is 0 Å². The number of carbonyl (C=O) groups excluding carboxylic acids is 2. The van der Waals surface area contributed by atoms with E-state index in [-0.39, 0.29) is 23.7 Å². The zero-order valence-electron chi connectivity index (χ0n) is 18.3. The van der Waals surface area contributed by atoms with E-state index in [0.717, 1.165) is 29.9 Å². The summed E-state index contributed by atoms with van der Waals surface area (Å²) < 4.78 is 17.2. The van der Waals surface area contributed by atoms with Crippen molar-refractivity contribution in [3.8, 4) is 5.75 Å². The highest BCUT2D eigenvalue weighted by molar-refractivity contribution is 5.99. The van der Waals surface area contributed by atoms with Crippen LogP contribution in [0.25, 0.3) is 0 Å². The number of likely N-dealkylation sites (tertiary alicyclic amines) is 1. The van der Waals surface area contributed by atoms with E-state index in [1.54, 1.807) is 6.07 Å². The van der Waals surface area contributed by atoms with Crippen molar-refractivity contribution in [1.82, 2.24) is 10.1 Å². The van der Waals surface area contributed by atoms with Crippen molar-refractivity contribution in [1.29, 1.82) is 0 Å². The van der Waals surface area contributed by atoms with E-state index in [9.17, 15) is 9.59 Å². The van der Waals surface area contributed by atoms with Crippen molar-refractivity contribution in [3.05, 3.63) is 70.5 Å². The minimum absolute atomic E-state index is 0.0977. The van der Waals surface area contributed by atoms with Crippen LogP contribution in [0.3, 0.4) is 0 Å². The number of para-hydroxylation sites is 1. The topological polar surface area (TPSA) is 85.8 Å². The molecule has 4 heterocycles. The van der Waals surface area contributed by atoms with Crippen LogP contribution in [0.15, 0.2) is 45.3 Å². The van der Waals surface area contributed by atoms with E-state index in [2.05, 4.69) is 5.16 Å². The Labute approximate surface area is 186 Å². The molecule has 2 aliphatic rings. The maximum absolute atomic E-state index is 13.0. The standard InChI is InChI=1S/C25H26N2O5/c1-15-20(16(2)32-26-15)13-18-7-8-23(30-18)25(29)27-11-9-17(10-12-27)24-14-21(28)19-5-3-4-6-22(19)31-24/h3-8,17,24H,9-14H2,1-2H3. The van der Waals surface area contributed by atoms with Gasteiger partial charge in [-0.15, -0.1) is 0 Å². The summed E-state index contributed by atoms with van der Waals surface area (Å²) in [5.41, 5.74) is 2.49. The van der Waals surface area contributed by atoms with Gasteiger partial charge in [0.05, 0.1) is 11.3 Å². The molecule has 7 nitrogen and oxygen atoms in total. The third kappa shape index (κ3) is 3.83. The van der Waals surface area contributed by atoms with E-state index < -0.39 is 0 Å². The Morgan fingerprint density at radius 3 is 2.66 bits per heavy atom. The Hall–Kier alpha value is -3.35. The first-order chi connectivity index (χ1) is 15.5. The summed E-state index contributed by atoms with van der Waals surface area (Å²) in [5.74, 6) is 2.79. The van der Waals surface area contributed by atoms with Gasteiger partial charge in [0.1, 0.15) is 23.4 Å². The van der Waals surface area contributed by atoms with Gasteiger partial charge in [-0.3, -0.25) is 9.59 Å². The first kappa shape index (κ1) is 20.5. The van der Waals surface area contributed by atoms with Gasteiger partial charge in [-0.25, -0.2) is 0 Å². The molecule has 2 aliphatic heterocycles.